The highest BCUT2D eigenvalue weighted by Gasteiger charge is 2.42. The van der Waals surface area contributed by atoms with Gasteiger partial charge in [0.2, 0.25) is 0 Å². The average Bonchev–Trinajstić information content (AvgIpc) is 2.42. The molecule has 0 radical (unpaired) electrons. The molecule has 0 aromatic heterocycles. The summed E-state index contributed by atoms with van der Waals surface area (Å²) in [5, 5.41) is 2.43. The highest BCUT2D eigenvalue weighted by molar-refractivity contribution is 5.89. The summed E-state index contributed by atoms with van der Waals surface area (Å²) in [6, 6.07) is 3.53. The zero-order chi connectivity index (χ0) is 15.6. The molecule has 1 aliphatic rings. The SMILES string of the molecule is Cc1ccc(NC(=O)N2CCC[C@H](C(F)(F)F)C2)cc1F. The Morgan fingerprint density at radius 1 is 1.38 bits per heavy atom. The van der Waals surface area contributed by atoms with Gasteiger partial charge in [0, 0.05) is 18.8 Å². The van der Waals surface area contributed by atoms with Crippen LogP contribution in [0.5, 0.6) is 0 Å². The third-order valence-electron chi connectivity index (χ3n) is 3.59. The highest BCUT2D eigenvalue weighted by Crippen LogP contribution is 2.33. The van der Waals surface area contributed by atoms with E-state index < -0.39 is 23.9 Å². The Balaban J connectivity index is 2.01. The molecule has 1 saturated heterocycles. The Labute approximate surface area is 119 Å². The second-order valence-corrected chi connectivity index (χ2v) is 5.22. The van der Waals surface area contributed by atoms with Crippen LogP contribution < -0.4 is 5.32 Å². The number of carbonyl (C=O) groups excluding carboxylic acids is 1. The van der Waals surface area contributed by atoms with Crippen molar-refractivity contribution in [1.82, 2.24) is 4.90 Å². The smallest absolute Gasteiger partial charge is 0.324 e. The Morgan fingerprint density at radius 2 is 2.10 bits per heavy atom. The average molecular weight is 304 g/mol. The zero-order valence-corrected chi connectivity index (χ0v) is 11.5. The van der Waals surface area contributed by atoms with Gasteiger partial charge in [-0.05, 0) is 37.5 Å². The van der Waals surface area contributed by atoms with Crippen LogP contribution in [0.4, 0.5) is 28.0 Å². The van der Waals surface area contributed by atoms with E-state index in [0.717, 1.165) is 11.0 Å². The standard InChI is InChI=1S/C14H16F4N2O/c1-9-4-5-11(7-12(9)15)19-13(21)20-6-2-3-10(8-20)14(16,17)18/h4-5,7,10H,2-3,6,8H2,1H3,(H,19,21)/t10-/m0/s1. The summed E-state index contributed by atoms with van der Waals surface area (Å²) < 4.78 is 51.5. The van der Waals surface area contributed by atoms with Gasteiger partial charge in [0.15, 0.2) is 0 Å². The molecule has 1 heterocycles. The van der Waals surface area contributed by atoms with Gasteiger partial charge in [-0.1, -0.05) is 6.07 Å². The number of rotatable bonds is 1. The van der Waals surface area contributed by atoms with Crippen molar-refractivity contribution in [2.45, 2.75) is 25.9 Å². The van der Waals surface area contributed by atoms with Crippen molar-refractivity contribution in [2.75, 3.05) is 18.4 Å². The molecule has 1 aromatic rings. The number of piperidine rings is 1. The van der Waals surface area contributed by atoms with Gasteiger partial charge in [0.1, 0.15) is 5.82 Å². The fourth-order valence-electron chi connectivity index (χ4n) is 2.30. The van der Waals surface area contributed by atoms with Gasteiger partial charge >= 0.3 is 12.2 Å². The van der Waals surface area contributed by atoms with E-state index in [9.17, 15) is 22.4 Å². The van der Waals surface area contributed by atoms with E-state index in [1.165, 1.54) is 12.1 Å². The van der Waals surface area contributed by atoms with Gasteiger partial charge in [-0.2, -0.15) is 13.2 Å². The van der Waals surface area contributed by atoms with Gasteiger partial charge in [-0.25, -0.2) is 9.18 Å². The predicted molar refractivity (Wildman–Crippen MR) is 70.5 cm³/mol. The fraction of sp³-hybridized carbons (Fsp3) is 0.500. The minimum atomic E-state index is -4.30. The van der Waals surface area contributed by atoms with E-state index in [4.69, 9.17) is 0 Å². The number of alkyl halides is 3. The van der Waals surface area contributed by atoms with E-state index >= 15 is 0 Å². The second kappa shape index (κ2) is 5.91. The van der Waals surface area contributed by atoms with Crippen molar-refractivity contribution in [3.63, 3.8) is 0 Å². The summed E-state index contributed by atoms with van der Waals surface area (Å²) in [7, 11) is 0. The Hall–Kier alpha value is -1.79. The largest absolute Gasteiger partial charge is 0.393 e. The molecule has 0 aliphatic carbocycles. The van der Waals surface area contributed by atoms with Crippen LogP contribution in [-0.2, 0) is 0 Å². The van der Waals surface area contributed by atoms with Crippen LogP contribution >= 0.6 is 0 Å². The first-order valence-electron chi connectivity index (χ1n) is 6.66. The minimum absolute atomic E-state index is 0.0342. The van der Waals surface area contributed by atoms with Gasteiger partial charge < -0.3 is 10.2 Å². The molecule has 2 amide bonds. The topological polar surface area (TPSA) is 32.3 Å². The fourth-order valence-corrected chi connectivity index (χ4v) is 2.30. The van der Waals surface area contributed by atoms with Crippen molar-refractivity contribution in [1.29, 1.82) is 0 Å². The molecule has 2 rings (SSSR count). The number of nitrogens with zero attached hydrogens (tertiary/aromatic N) is 1. The quantitative estimate of drug-likeness (QED) is 0.783. The Bertz CT molecular complexity index is 530. The van der Waals surface area contributed by atoms with Crippen LogP contribution in [0.15, 0.2) is 18.2 Å². The number of hydrogen-bond acceptors (Lipinski definition) is 1. The third-order valence-corrected chi connectivity index (χ3v) is 3.59. The summed E-state index contributed by atoms with van der Waals surface area (Å²) in [4.78, 5) is 13.1. The van der Waals surface area contributed by atoms with Crippen molar-refractivity contribution in [3.05, 3.63) is 29.6 Å². The van der Waals surface area contributed by atoms with E-state index in [0.29, 0.717) is 12.0 Å². The maximum absolute atomic E-state index is 13.4. The lowest BCUT2D eigenvalue weighted by atomic mass is 9.98. The maximum Gasteiger partial charge on any atom is 0.393 e. The van der Waals surface area contributed by atoms with Crippen LogP contribution in [0.25, 0.3) is 0 Å². The van der Waals surface area contributed by atoms with E-state index in [-0.39, 0.29) is 25.2 Å². The lowest BCUT2D eigenvalue weighted by Gasteiger charge is -2.33. The minimum Gasteiger partial charge on any atom is -0.324 e. The van der Waals surface area contributed by atoms with E-state index in [2.05, 4.69) is 5.32 Å². The first-order chi connectivity index (χ1) is 9.77. The first-order valence-corrected chi connectivity index (χ1v) is 6.66. The molecule has 0 bridgehead atoms. The van der Waals surface area contributed by atoms with Gasteiger partial charge in [0.05, 0.1) is 5.92 Å². The molecule has 1 N–H and O–H groups in total. The monoisotopic (exact) mass is 304 g/mol. The van der Waals surface area contributed by atoms with Crippen LogP contribution in [0.1, 0.15) is 18.4 Å². The van der Waals surface area contributed by atoms with E-state index in [1.807, 2.05) is 0 Å². The maximum atomic E-state index is 13.4. The molecule has 0 saturated carbocycles. The van der Waals surface area contributed by atoms with Crippen molar-refractivity contribution < 1.29 is 22.4 Å². The van der Waals surface area contributed by atoms with Gasteiger partial charge in [-0.15, -0.1) is 0 Å². The van der Waals surface area contributed by atoms with Crippen LogP contribution in [0, 0.1) is 18.7 Å². The second-order valence-electron chi connectivity index (χ2n) is 5.22. The number of halogens is 4. The molecule has 0 spiro atoms. The number of benzene rings is 1. The zero-order valence-electron chi connectivity index (χ0n) is 11.5. The number of amides is 2. The number of aryl methyl sites for hydroxylation is 1. The normalized spacial score (nSPS) is 19.5. The summed E-state index contributed by atoms with van der Waals surface area (Å²) in [6.45, 7) is 1.50. The molecule has 3 nitrogen and oxygen atoms in total. The third kappa shape index (κ3) is 3.86. The molecule has 21 heavy (non-hydrogen) atoms. The molecule has 1 aliphatic heterocycles. The predicted octanol–water partition coefficient (Wildman–Crippen LogP) is 3.94. The molecule has 1 fully saturated rings. The lowest BCUT2D eigenvalue weighted by Crippen LogP contribution is -2.46. The molecule has 1 aromatic carbocycles. The molecule has 116 valence electrons. The molecular weight excluding hydrogens is 288 g/mol. The number of nitrogens with one attached hydrogen (secondary N) is 1. The van der Waals surface area contributed by atoms with Crippen molar-refractivity contribution in [2.24, 2.45) is 5.92 Å². The molecule has 1 atom stereocenters. The van der Waals surface area contributed by atoms with Crippen LogP contribution in [0.3, 0.4) is 0 Å². The summed E-state index contributed by atoms with van der Waals surface area (Å²) in [5.41, 5.74) is 0.667. The number of carbonyl (C=O) groups is 1. The molecule has 7 heteroatoms. The van der Waals surface area contributed by atoms with E-state index in [1.54, 1.807) is 6.92 Å². The lowest BCUT2D eigenvalue weighted by molar-refractivity contribution is -0.183. The van der Waals surface area contributed by atoms with Crippen molar-refractivity contribution >= 4 is 11.7 Å². The summed E-state index contributed by atoms with van der Waals surface area (Å²) in [5.74, 6) is -1.97. The number of likely N-dealkylation sites (tertiary alicyclic amines) is 1. The van der Waals surface area contributed by atoms with Crippen molar-refractivity contribution in [3.8, 4) is 0 Å². The van der Waals surface area contributed by atoms with Gasteiger partial charge in [-0.3, -0.25) is 0 Å². The molecular formula is C14H16F4N2O. The van der Waals surface area contributed by atoms with Crippen LogP contribution in [0.2, 0.25) is 0 Å². The highest BCUT2D eigenvalue weighted by atomic mass is 19.4. The van der Waals surface area contributed by atoms with Gasteiger partial charge in [0.25, 0.3) is 0 Å². The number of hydrogen-bond donors (Lipinski definition) is 1. The number of urea groups is 1. The Morgan fingerprint density at radius 3 is 2.71 bits per heavy atom. The summed E-state index contributed by atoms with van der Waals surface area (Å²) >= 11 is 0. The molecule has 0 unspecified atom stereocenters. The summed E-state index contributed by atoms with van der Waals surface area (Å²) in [6.07, 6.45) is -3.96. The number of anilines is 1. The first kappa shape index (κ1) is 15.6. The Kier molecular flexibility index (Phi) is 4.39. The van der Waals surface area contributed by atoms with Crippen LogP contribution in [-0.4, -0.2) is 30.2 Å².